The average molecular weight is 247 g/mol. The molecule has 1 heterocycles. The molecule has 1 aromatic carbocycles. The van der Waals surface area contributed by atoms with Crippen molar-refractivity contribution >= 4 is 22.7 Å². The molecule has 5 heteroatoms. The SMILES string of the molecule is COc1ccc(C)c2c(C(=O)C(=O)O)cn(C)c12. The van der Waals surface area contributed by atoms with Gasteiger partial charge in [-0.25, -0.2) is 4.79 Å². The summed E-state index contributed by atoms with van der Waals surface area (Å²) in [6, 6.07) is 3.60. The number of nitrogens with zero attached hydrogens (tertiary/aromatic N) is 1. The Kier molecular flexibility index (Phi) is 2.82. The minimum Gasteiger partial charge on any atom is -0.495 e. The van der Waals surface area contributed by atoms with Gasteiger partial charge in [0.05, 0.1) is 18.2 Å². The van der Waals surface area contributed by atoms with Crippen LogP contribution in [0.4, 0.5) is 0 Å². The minimum atomic E-state index is -1.45. The summed E-state index contributed by atoms with van der Waals surface area (Å²) in [5, 5.41) is 9.46. The van der Waals surface area contributed by atoms with E-state index in [9.17, 15) is 9.59 Å². The zero-order chi connectivity index (χ0) is 13.4. The number of aryl methyl sites for hydroxylation is 2. The van der Waals surface area contributed by atoms with Crippen LogP contribution in [0.15, 0.2) is 18.3 Å². The quantitative estimate of drug-likeness (QED) is 0.663. The molecule has 2 rings (SSSR count). The molecule has 18 heavy (non-hydrogen) atoms. The van der Waals surface area contributed by atoms with Crippen molar-refractivity contribution in [2.24, 2.45) is 7.05 Å². The molecular formula is C13H13NO4. The molecule has 0 bridgehead atoms. The lowest BCUT2D eigenvalue weighted by Gasteiger charge is -2.06. The molecule has 0 aliphatic rings. The Hall–Kier alpha value is -2.30. The molecule has 0 spiro atoms. The predicted octanol–water partition coefficient (Wildman–Crippen LogP) is 1.76. The fourth-order valence-electron chi connectivity index (χ4n) is 2.14. The smallest absolute Gasteiger partial charge is 0.377 e. The lowest BCUT2D eigenvalue weighted by Crippen LogP contribution is -2.12. The number of ketones is 1. The number of Topliss-reactive ketones (excluding diaryl/α,β-unsaturated/α-hetero) is 1. The van der Waals surface area contributed by atoms with Crippen LogP contribution < -0.4 is 4.74 Å². The number of carboxylic acid groups (broad SMARTS) is 1. The van der Waals surface area contributed by atoms with Crippen LogP contribution in [0.2, 0.25) is 0 Å². The number of methoxy groups -OCH3 is 1. The first-order valence-electron chi connectivity index (χ1n) is 5.37. The Bertz CT molecular complexity index is 655. The van der Waals surface area contributed by atoms with Crippen molar-refractivity contribution in [3.8, 4) is 5.75 Å². The van der Waals surface area contributed by atoms with E-state index in [4.69, 9.17) is 9.84 Å². The molecule has 0 saturated carbocycles. The van der Waals surface area contributed by atoms with Gasteiger partial charge in [-0.3, -0.25) is 4.79 Å². The van der Waals surface area contributed by atoms with Gasteiger partial charge < -0.3 is 14.4 Å². The summed E-state index contributed by atoms with van der Waals surface area (Å²) in [5.41, 5.74) is 1.76. The summed E-state index contributed by atoms with van der Waals surface area (Å²) in [6.07, 6.45) is 1.52. The van der Waals surface area contributed by atoms with Gasteiger partial charge in [-0.1, -0.05) is 6.07 Å². The number of ether oxygens (including phenoxy) is 1. The highest BCUT2D eigenvalue weighted by Gasteiger charge is 2.22. The summed E-state index contributed by atoms with van der Waals surface area (Å²) in [7, 11) is 3.29. The monoisotopic (exact) mass is 247 g/mol. The summed E-state index contributed by atoms with van der Waals surface area (Å²) in [6.45, 7) is 1.83. The molecular weight excluding hydrogens is 234 g/mol. The first-order valence-corrected chi connectivity index (χ1v) is 5.37. The number of carboxylic acids is 1. The molecule has 0 fully saturated rings. The molecule has 0 aliphatic carbocycles. The summed E-state index contributed by atoms with van der Waals surface area (Å²) < 4.78 is 6.94. The Morgan fingerprint density at radius 1 is 1.33 bits per heavy atom. The standard InChI is InChI=1S/C13H13NO4/c1-7-4-5-9(18-3)11-10(7)8(6-14(11)2)12(15)13(16)17/h4-6H,1-3H3,(H,16,17). The molecule has 94 valence electrons. The second-order valence-electron chi connectivity index (χ2n) is 4.10. The van der Waals surface area contributed by atoms with Crippen LogP contribution >= 0.6 is 0 Å². The van der Waals surface area contributed by atoms with Gasteiger partial charge in [-0.2, -0.15) is 0 Å². The van der Waals surface area contributed by atoms with Crippen molar-refractivity contribution in [3.05, 3.63) is 29.5 Å². The van der Waals surface area contributed by atoms with E-state index >= 15 is 0 Å². The highest BCUT2D eigenvalue weighted by molar-refractivity contribution is 6.42. The highest BCUT2D eigenvalue weighted by atomic mass is 16.5. The first-order chi connectivity index (χ1) is 8.47. The summed E-state index contributed by atoms with van der Waals surface area (Å²) >= 11 is 0. The van der Waals surface area contributed by atoms with Crippen molar-refractivity contribution in [2.45, 2.75) is 6.92 Å². The maximum absolute atomic E-state index is 11.7. The number of hydrogen-bond donors (Lipinski definition) is 1. The van der Waals surface area contributed by atoms with E-state index in [2.05, 4.69) is 0 Å². The van der Waals surface area contributed by atoms with Gasteiger partial charge in [0.2, 0.25) is 0 Å². The largest absolute Gasteiger partial charge is 0.495 e. The van der Waals surface area contributed by atoms with Crippen LogP contribution in [-0.4, -0.2) is 28.5 Å². The van der Waals surface area contributed by atoms with Crippen LogP contribution in [0.3, 0.4) is 0 Å². The van der Waals surface area contributed by atoms with Crippen LogP contribution in [0.5, 0.6) is 5.75 Å². The zero-order valence-corrected chi connectivity index (χ0v) is 10.4. The van der Waals surface area contributed by atoms with Crippen LogP contribution in [0.25, 0.3) is 10.9 Å². The minimum absolute atomic E-state index is 0.191. The summed E-state index contributed by atoms with van der Waals surface area (Å²) in [4.78, 5) is 22.5. The lowest BCUT2D eigenvalue weighted by atomic mass is 10.0. The third-order valence-corrected chi connectivity index (χ3v) is 2.95. The van der Waals surface area contributed by atoms with E-state index < -0.39 is 11.8 Å². The molecule has 0 radical (unpaired) electrons. The van der Waals surface area contributed by atoms with Gasteiger partial charge in [0.25, 0.3) is 5.78 Å². The van der Waals surface area contributed by atoms with Gasteiger partial charge >= 0.3 is 5.97 Å². The molecule has 1 N–H and O–H groups in total. The van der Waals surface area contributed by atoms with Crippen molar-refractivity contribution in [3.63, 3.8) is 0 Å². The van der Waals surface area contributed by atoms with Crippen molar-refractivity contribution in [1.29, 1.82) is 0 Å². The molecule has 0 aliphatic heterocycles. The molecule has 1 aromatic heterocycles. The molecule has 5 nitrogen and oxygen atoms in total. The van der Waals surface area contributed by atoms with E-state index in [-0.39, 0.29) is 5.56 Å². The number of aliphatic carboxylic acids is 1. The average Bonchev–Trinajstić information content (AvgIpc) is 2.68. The molecule has 0 atom stereocenters. The Labute approximate surface area is 104 Å². The van der Waals surface area contributed by atoms with E-state index in [0.29, 0.717) is 11.1 Å². The van der Waals surface area contributed by atoms with E-state index in [1.165, 1.54) is 13.3 Å². The van der Waals surface area contributed by atoms with E-state index in [1.807, 2.05) is 6.92 Å². The Morgan fingerprint density at radius 3 is 2.56 bits per heavy atom. The molecule has 0 saturated heterocycles. The van der Waals surface area contributed by atoms with Crippen molar-refractivity contribution < 1.29 is 19.4 Å². The lowest BCUT2D eigenvalue weighted by molar-refractivity contribution is -0.131. The maximum atomic E-state index is 11.7. The maximum Gasteiger partial charge on any atom is 0.377 e. The zero-order valence-electron chi connectivity index (χ0n) is 10.4. The Morgan fingerprint density at radius 2 is 2.00 bits per heavy atom. The van der Waals surface area contributed by atoms with E-state index in [0.717, 1.165) is 11.1 Å². The van der Waals surface area contributed by atoms with Crippen LogP contribution in [0, 0.1) is 6.92 Å². The third-order valence-electron chi connectivity index (χ3n) is 2.95. The van der Waals surface area contributed by atoms with Gasteiger partial charge in [-0.05, 0) is 18.6 Å². The predicted molar refractivity (Wildman–Crippen MR) is 66.2 cm³/mol. The van der Waals surface area contributed by atoms with Crippen molar-refractivity contribution in [2.75, 3.05) is 7.11 Å². The molecule has 2 aromatic rings. The van der Waals surface area contributed by atoms with Gasteiger partial charge in [0.15, 0.2) is 0 Å². The topological polar surface area (TPSA) is 68.5 Å². The highest BCUT2D eigenvalue weighted by Crippen LogP contribution is 2.32. The number of rotatable bonds is 3. The first kappa shape index (κ1) is 12.2. The number of aromatic nitrogens is 1. The number of benzene rings is 1. The fraction of sp³-hybridized carbons (Fsp3) is 0.231. The second-order valence-corrected chi connectivity index (χ2v) is 4.10. The van der Waals surface area contributed by atoms with Crippen molar-refractivity contribution in [1.82, 2.24) is 4.57 Å². The third kappa shape index (κ3) is 1.64. The number of fused-ring (bicyclic) bond motifs is 1. The van der Waals surface area contributed by atoms with Gasteiger partial charge in [-0.15, -0.1) is 0 Å². The number of carbonyl (C=O) groups excluding carboxylic acids is 1. The van der Waals surface area contributed by atoms with Gasteiger partial charge in [0.1, 0.15) is 5.75 Å². The van der Waals surface area contributed by atoms with Gasteiger partial charge in [0, 0.05) is 18.6 Å². The summed E-state index contributed by atoms with van der Waals surface area (Å²) in [5.74, 6) is -1.75. The normalized spacial score (nSPS) is 10.6. The fourth-order valence-corrected chi connectivity index (χ4v) is 2.14. The number of carbonyl (C=O) groups is 2. The van der Waals surface area contributed by atoms with E-state index in [1.54, 1.807) is 23.7 Å². The molecule has 0 amide bonds. The Balaban J connectivity index is 2.86. The van der Waals surface area contributed by atoms with Crippen LogP contribution in [0.1, 0.15) is 15.9 Å². The van der Waals surface area contributed by atoms with Crippen LogP contribution in [-0.2, 0) is 11.8 Å². The second kappa shape index (κ2) is 4.18. The molecule has 0 unspecified atom stereocenters. The number of hydrogen-bond acceptors (Lipinski definition) is 3.